The molecule has 6 N–H and O–H groups in total. The van der Waals surface area contributed by atoms with Crippen LogP contribution in [0.3, 0.4) is 0 Å². The molecule has 0 spiro atoms. The van der Waals surface area contributed by atoms with Crippen molar-refractivity contribution in [1.82, 2.24) is 4.90 Å². The number of hydrogen-bond donors (Lipinski definition) is 5. The quantitative estimate of drug-likeness (QED) is 0.360. The molecule has 0 aromatic heterocycles. The second-order valence-electron chi connectivity index (χ2n) is 10.8. The van der Waals surface area contributed by atoms with E-state index >= 15 is 0 Å². The Bertz CT molecular complexity index is 1300. The van der Waals surface area contributed by atoms with E-state index in [1.54, 1.807) is 39.2 Å². The van der Waals surface area contributed by atoms with Gasteiger partial charge in [0.1, 0.15) is 22.8 Å². The van der Waals surface area contributed by atoms with Crippen LogP contribution in [-0.4, -0.2) is 96.7 Å². The number of carbonyl (C=O) groups is 3. The fourth-order valence-corrected chi connectivity index (χ4v) is 6.36. The van der Waals surface area contributed by atoms with Gasteiger partial charge in [-0.1, -0.05) is 6.92 Å². The topological polar surface area (TPSA) is 168 Å². The molecule has 1 unspecified atom stereocenters. The zero-order valence-corrected chi connectivity index (χ0v) is 22.0. The Labute approximate surface area is 215 Å². The third-order valence-corrected chi connectivity index (χ3v) is 8.12. The molecule has 0 radical (unpaired) electrons. The molecule has 1 saturated carbocycles. The number of aromatic hydroxyl groups is 1. The number of hydrogen-bond acceptors (Lipinski definition) is 10. The molecule has 5 atom stereocenters. The number of aliphatic hydroxyl groups is 3. The lowest BCUT2D eigenvalue weighted by Gasteiger charge is -2.51. The van der Waals surface area contributed by atoms with Gasteiger partial charge in [-0.15, -0.1) is 0 Å². The highest BCUT2D eigenvalue weighted by molar-refractivity contribution is 6.24. The van der Waals surface area contributed by atoms with Crippen LogP contribution in [0.15, 0.2) is 23.0 Å². The maximum absolute atomic E-state index is 14.0. The summed E-state index contributed by atoms with van der Waals surface area (Å²) in [5.74, 6) is -7.09. The maximum Gasteiger partial charge on any atom is 0.255 e. The minimum absolute atomic E-state index is 0.0377. The lowest BCUT2D eigenvalue weighted by atomic mass is 9.55. The smallest absolute Gasteiger partial charge is 0.255 e. The van der Waals surface area contributed by atoms with Gasteiger partial charge in [-0.2, -0.15) is 0 Å². The average Bonchev–Trinajstić information content (AvgIpc) is 2.78. The summed E-state index contributed by atoms with van der Waals surface area (Å²) in [4.78, 5) is 44.4. The van der Waals surface area contributed by atoms with Crippen LogP contribution >= 0.6 is 0 Å². The Kier molecular flexibility index (Phi) is 6.08. The summed E-state index contributed by atoms with van der Waals surface area (Å²) >= 11 is 0. The van der Waals surface area contributed by atoms with Crippen molar-refractivity contribution >= 4 is 34.6 Å². The number of phenols is 1. The van der Waals surface area contributed by atoms with E-state index in [0.29, 0.717) is 11.3 Å². The molecule has 0 aliphatic heterocycles. The number of rotatable bonds is 4. The van der Waals surface area contributed by atoms with E-state index in [-0.39, 0.29) is 23.3 Å². The van der Waals surface area contributed by atoms with Gasteiger partial charge in [0.2, 0.25) is 5.78 Å². The van der Waals surface area contributed by atoms with Crippen molar-refractivity contribution < 1.29 is 34.8 Å². The second-order valence-corrected chi connectivity index (χ2v) is 10.8. The first-order valence-electron chi connectivity index (χ1n) is 12.0. The Morgan fingerprint density at radius 1 is 1.03 bits per heavy atom. The van der Waals surface area contributed by atoms with Gasteiger partial charge in [-0.3, -0.25) is 19.3 Å². The molecule has 37 heavy (non-hydrogen) atoms. The number of likely N-dealkylation sites (N-methyl/N-ethyl adjacent to an activating group) is 1. The summed E-state index contributed by atoms with van der Waals surface area (Å²) < 4.78 is 0. The molecular formula is C26H34N4O7. The molecule has 1 amide bonds. The first-order chi connectivity index (χ1) is 17.1. The van der Waals surface area contributed by atoms with Crippen LogP contribution in [0.5, 0.6) is 5.75 Å². The standard InChI is InChI=1S/C26H34N4O7/c1-10-11-8-12-19(30(6)7)22(33)18(25(27)36)24(35)26(12,37)23(34)16(11)21(32)17-15(10)13(28(2)3)9-14(20(17)31)29(4)5/h9-12,19,31-32,35,37H,8H2,1-7H3,(H2,27,36)/t10?,11-,12+,19+,26+/m1/s1. The van der Waals surface area contributed by atoms with Crippen molar-refractivity contribution in [2.24, 2.45) is 17.6 Å². The van der Waals surface area contributed by atoms with E-state index in [9.17, 15) is 34.8 Å². The minimum atomic E-state index is -2.66. The molecule has 3 aliphatic rings. The molecule has 11 nitrogen and oxygen atoms in total. The van der Waals surface area contributed by atoms with E-state index in [1.165, 1.54) is 4.90 Å². The molecular weight excluding hydrogens is 480 g/mol. The fourth-order valence-electron chi connectivity index (χ4n) is 6.36. The van der Waals surface area contributed by atoms with Crippen LogP contribution in [0.1, 0.15) is 30.4 Å². The molecule has 1 aromatic rings. The number of aliphatic hydroxyl groups excluding tert-OH is 2. The van der Waals surface area contributed by atoms with Crippen molar-refractivity contribution in [1.29, 1.82) is 0 Å². The summed E-state index contributed by atoms with van der Waals surface area (Å²) in [6.45, 7) is 1.86. The van der Waals surface area contributed by atoms with Crippen LogP contribution in [0.2, 0.25) is 0 Å². The van der Waals surface area contributed by atoms with Crippen LogP contribution in [0.4, 0.5) is 11.4 Å². The summed E-state index contributed by atoms with van der Waals surface area (Å²) in [5.41, 5.74) is 3.53. The van der Waals surface area contributed by atoms with E-state index in [2.05, 4.69) is 0 Å². The molecule has 3 aliphatic carbocycles. The molecule has 1 aromatic carbocycles. The summed E-state index contributed by atoms with van der Waals surface area (Å²) in [7, 11) is 10.3. The number of Topliss-reactive ketones (excluding diaryl/α,β-unsaturated/α-hetero) is 2. The van der Waals surface area contributed by atoms with Crippen molar-refractivity contribution in [2.45, 2.75) is 30.9 Å². The van der Waals surface area contributed by atoms with Crippen molar-refractivity contribution in [3.63, 3.8) is 0 Å². The highest BCUT2D eigenvalue weighted by atomic mass is 16.3. The fraction of sp³-hybridized carbons (Fsp3) is 0.500. The van der Waals surface area contributed by atoms with Crippen LogP contribution in [-0.2, 0) is 14.4 Å². The van der Waals surface area contributed by atoms with E-state index in [4.69, 9.17) is 5.73 Å². The number of nitrogens with zero attached hydrogens (tertiary/aromatic N) is 3. The zero-order chi connectivity index (χ0) is 27.9. The first kappa shape index (κ1) is 26.5. The van der Waals surface area contributed by atoms with Gasteiger partial charge in [0.25, 0.3) is 5.91 Å². The van der Waals surface area contributed by atoms with E-state index in [0.717, 1.165) is 5.69 Å². The number of primary amides is 1. The Hall–Kier alpha value is -3.57. The first-order valence-corrected chi connectivity index (χ1v) is 12.0. The lowest BCUT2D eigenvalue weighted by molar-refractivity contribution is -0.154. The number of ketones is 2. The minimum Gasteiger partial charge on any atom is -0.508 e. The van der Waals surface area contributed by atoms with E-state index < -0.39 is 64.0 Å². The lowest BCUT2D eigenvalue weighted by Crippen LogP contribution is -2.66. The van der Waals surface area contributed by atoms with Gasteiger partial charge in [0, 0.05) is 45.4 Å². The van der Waals surface area contributed by atoms with Gasteiger partial charge in [0.05, 0.1) is 17.3 Å². The predicted molar refractivity (Wildman–Crippen MR) is 138 cm³/mol. The number of fused-ring (bicyclic) bond motifs is 3. The number of phenolic OH excluding ortho intramolecular Hbond substituents is 1. The van der Waals surface area contributed by atoms with Gasteiger partial charge in [-0.25, -0.2) is 0 Å². The third kappa shape index (κ3) is 3.37. The predicted octanol–water partition coefficient (Wildman–Crippen LogP) is 0.657. The number of anilines is 2. The molecule has 1 fully saturated rings. The van der Waals surface area contributed by atoms with Gasteiger partial charge in [0.15, 0.2) is 11.4 Å². The van der Waals surface area contributed by atoms with Crippen LogP contribution < -0.4 is 15.5 Å². The van der Waals surface area contributed by atoms with Crippen molar-refractivity contribution in [3.8, 4) is 5.75 Å². The third-order valence-electron chi connectivity index (χ3n) is 8.12. The van der Waals surface area contributed by atoms with Gasteiger partial charge < -0.3 is 36.0 Å². The molecule has 0 bridgehead atoms. The number of amides is 1. The number of nitrogens with two attached hydrogens (primary N) is 1. The Morgan fingerprint density at radius 2 is 1.59 bits per heavy atom. The molecule has 0 saturated heterocycles. The Morgan fingerprint density at radius 3 is 2.08 bits per heavy atom. The summed E-state index contributed by atoms with van der Waals surface area (Å²) in [6.07, 6.45) is 0.0377. The second kappa shape index (κ2) is 8.49. The molecule has 4 rings (SSSR count). The number of benzene rings is 1. The summed E-state index contributed by atoms with van der Waals surface area (Å²) in [5, 5.41) is 45.4. The summed E-state index contributed by atoms with van der Waals surface area (Å²) in [6, 6.07) is 0.673. The molecule has 0 heterocycles. The monoisotopic (exact) mass is 514 g/mol. The van der Waals surface area contributed by atoms with Crippen molar-refractivity contribution in [3.05, 3.63) is 34.1 Å². The van der Waals surface area contributed by atoms with Gasteiger partial charge in [-0.05, 0) is 44.0 Å². The molecule has 11 heteroatoms. The normalized spacial score (nSPS) is 29.2. The van der Waals surface area contributed by atoms with Crippen LogP contribution in [0, 0.1) is 11.8 Å². The SMILES string of the molecule is CC1c2c(N(C)C)cc(N(C)C)c(O)c2C(O)=C2C(=O)[C@]3(O)C(O)=C(C(N)=O)C(=O)[C@@H](N(C)C)[C@@H]3C[C@@H]21. The Balaban J connectivity index is 2.07. The highest BCUT2D eigenvalue weighted by Gasteiger charge is 2.65. The average molecular weight is 515 g/mol. The van der Waals surface area contributed by atoms with Crippen LogP contribution in [0.25, 0.3) is 5.76 Å². The largest absolute Gasteiger partial charge is 0.508 e. The van der Waals surface area contributed by atoms with Gasteiger partial charge >= 0.3 is 0 Å². The highest BCUT2D eigenvalue weighted by Crippen LogP contribution is 2.58. The number of carbonyl (C=O) groups excluding carboxylic acids is 3. The maximum atomic E-state index is 14.0. The van der Waals surface area contributed by atoms with Crippen molar-refractivity contribution in [2.75, 3.05) is 52.1 Å². The zero-order valence-electron chi connectivity index (χ0n) is 22.0. The molecule has 200 valence electrons. The van der Waals surface area contributed by atoms with E-state index in [1.807, 2.05) is 25.9 Å².